The molecule has 3 rings (SSSR count). The van der Waals surface area contributed by atoms with Crippen molar-refractivity contribution >= 4 is 45.9 Å². The van der Waals surface area contributed by atoms with Crippen LogP contribution in [0.25, 0.3) is 10.9 Å². The zero-order valence-electron chi connectivity index (χ0n) is 17.0. The van der Waals surface area contributed by atoms with Gasteiger partial charge in [-0.25, -0.2) is 0 Å². The third kappa shape index (κ3) is 5.84. The number of nitrogens with one attached hydrogen (secondary N) is 4. The number of amides is 3. The van der Waals surface area contributed by atoms with E-state index in [0.717, 1.165) is 16.5 Å². The molecule has 1 aromatic heterocycles. The fourth-order valence-corrected chi connectivity index (χ4v) is 3.25. The molecule has 3 aromatic rings. The number of benzene rings is 2. The quantitative estimate of drug-likeness (QED) is 0.317. The summed E-state index contributed by atoms with van der Waals surface area (Å²) in [5.74, 6) is -2.00. The van der Waals surface area contributed by atoms with Gasteiger partial charge in [-0.2, -0.15) is 0 Å². The lowest BCUT2D eigenvalue weighted by atomic mass is 10.1. The van der Waals surface area contributed by atoms with E-state index in [2.05, 4.69) is 20.9 Å². The molecule has 9 heteroatoms. The van der Waals surface area contributed by atoms with Gasteiger partial charge in [0.1, 0.15) is 0 Å². The summed E-state index contributed by atoms with van der Waals surface area (Å²) in [6.45, 7) is 0.966. The fraction of sp³-hybridized carbons (Fsp3) is 0.227. The van der Waals surface area contributed by atoms with E-state index in [4.69, 9.17) is 16.3 Å². The van der Waals surface area contributed by atoms with Crippen LogP contribution >= 0.6 is 11.6 Å². The van der Waals surface area contributed by atoms with Gasteiger partial charge in [0.2, 0.25) is 0 Å². The minimum Gasteiger partial charge on any atom is -0.383 e. The van der Waals surface area contributed by atoms with Crippen LogP contribution < -0.4 is 16.0 Å². The first-order valence-electron chi connectivity index (χ1n) is 9.70. The summed E-state index contributed by atoms with van der Waals surface area (Å²) in [5.41, 5.74) is 2.44. The number of aromatic nitrogens is 1. The van der Waals surface area contributed by atoms with E-state index in [-0.39, 0.29) is 23.7 Å². The van der Waals surface area contributed by atoms with Gasteiger partial charge in [0.25, 0.3) is 5.91 Å². The minimum absolute atomic E-state index is 0.254. The second kappa shape index (κ2) is 10.6. The van der Waals surface area contributed by atoms with E-state index in [1.807, 2.05) is 18.3 Å². The van der Waals surface area contributed by atoms with Crippen molar-refractivity contribution in [1.29, 1.82) is 0 Å². The Kier molecular flexibility index (Phi) is 7.64. The Hall–Kier alpha value is -3.36. The van der Waals surface area contributed by atoms with E-state index in [1.54, 1.807) is 30.3 Å². The monoisotopic (exact) mass is 442 g/mol. The van der Waals surface area contributed by atoms with Crippen LogP contribution in [0.4, 0.5) is 5.69 Å². The van der Waals surface area contributed by atoms with Crippen LogP contribution in [0.1, 0.15) is 15.9 Å². The van der Waals surface area contributed by atoms with Crippen molar-refractivity contribution < 1.29 is 19.1 Å². The molecule has 0 fully saturated rings. The maximum Gasteiger partial charge on any atom is 0.313 e. The summed E-state index contributed by atoms with van der Waals surface area (Å²) in [7, 11) is 1.53. The summed E-state index contributed by atoms with van der Waals surface area (Å²) in [6, 6.07) is 12.0. The van der Waals surface area contributed by atoms with Crippen molar-refractivity contribution in [2.75, 3.05) is 32.1 Å². The molecule has 8 nitrogen and oxygen atoms in total. The molecule has 0 saturated heterocycles. The number of ether oxygens (including phenoxy) is 1. The molecule has 0 bridgehead atoms. The summed E-state index contributed by atoms with van der Waals surface area (Å²) in [5, 5.41) is 9.37. The summed E-state index contributed by atoms with van der Waals surface area (Å²) < 4.78 is 4.90. The highest BCUT2D eigenvalue weighted by Gasteiger charge is 2.17. The van der Waals surface area contributed by atoms with Crippen LogP contribution in [0.3, 0.4) is 0 Å². The Labute approximate surface area is 184 Å². The number of hydrogen-bond donors (Lipinski definition) is 4. The molecule has 0 spiro atoms. The predicted octanol–water partition coefficient (Wildman–Crippen LogP) is 2.49. The Morgan fingerprint density at radius 1 is 1.03 bits per heavy atom. The van der Waals surface area contributed by atoms with Gasteiger partial charge in [-0.1, -0.05) is 23.7 Å². The highest BCUT2D eigenvalue weighted by Crippen LogP contribution is 2.22. The van der Waals surface area contributed by atoms with Gasteiger partial charge < -0.3 is 25.7 Å². The topological polar surface area (TPSA) is 112 Å². The highest BCUT2D eigenvalue weighted by atomic mass is 35.5. The van der Waals surface area contributed by atoms with Crippen molar-refractivity contribution in [2.24, 2.45) is 0 Å². The molecule has 0 aliphatic heterocycles. The van der Waals surface area contributed by atoms with E-state index >= 15 is 0 Å². The first kappa shape index (κ1) is 22.3. The maximum absolute atomic E-state index is 12.3. The second-order valence-corrected chi connectivity index (χ2v) is 7.19. The molecule has 0 atom stereocenters. The van der Waals surface area contributed by atoms with Gasteiger partial charge in [-0.15, -0.1) is 0 Å². The average Bonchev–Trinajstić information content (AvgIpc) is 3.16. The molecule has 1 heterocycles. The number of aromatic amines is 1. The van der Waals surface area contributed by atoms with E-state index in [0.29, 0.717) is 24.6 Å². The maximum atomic E-state index is 12.3. The van der Waals surface area contributed by atoms with Crippen LogP contribution in [0.15, 0.2) is 48.7 Å². The molecule has 0 aliphatic rings. The molecule has 31 heavy (non-hydrogen) atoms. The standard InChI is InChI=1S/C22H23ClN4O4/c1-31-11-10-25-20(28)16-4-2-3-5-19(16)27-22(30)21(29)24-9-8-14-13-26-18-7-6-15(23)12-17(14)18/h2-7,12-13,26H,8-11H2,1H3,(H,24,29)(H,25,28)(H,27,30). The fourth-order valence-electron chi connectivity index (χ4n) is 3.08. The van der Waals surface area contributed by atoms with Crippen molar-refractivity contribution in [2.45, 2.75) is 6.42 Å². The number of hydrogen-bond acceptors (Lipinski definition) is 4. The molecule has 3 amide bonds. The third-order valence-electron chi connectivity index (χ3n) is 4.63. The Morgan fingerprint density at radius 2 is 1.84 bits per heavy atom. The summed E-state index contributed by atoms with van der Waals surface area (Å²) in [4.78, 5) is 40.0. The lowest BCUT2D eigenvalue weighted by Crippen LogP contribution is -2.37. The predicted molar refractivity (Wildman–Crippen MR) is 119 cm³/mol. The third-order valence-corrected chi connectivity index (χ3v) is 4.86. The van der Waals surface area contributed by atoms with Crippen LogP contribution in [-0.2, 0) is 20.7 Å². The summed E-state index contributed by atoms with van der Waals surface area (Å²) in [6.07, 6.45) is 2.38. The van der Waals surface area contributed by atoms with Crippen molar-refractivity contribution in [1.82, 2.24) is 15.6 Å². The van der Waals surface area contributed by atoms with Crippen LogP contribution in [-0.4, -0.2) is 49.5 Å². The number of para-hydroxylation sites is 1. The zero-order chi connectivity index (χ0) is 22.2. The van der Waals surface area contributed by atoms with E-state index in [9.17, 15) is 14.4 Å². The van der Waals surface area contributed by atoms with Crippen LogP contribution in [0.5, 0.6) is 0 Å². The molecular formula is C22H23ClN4O4. The molecule has 0 radical (unpaired) electrons. The van der Waals surface area contributed by atoms with Gasteiger partial charge >= 0.3 is 11.8 Å². The Balaban J connectivity index is 1.55. The van der Waals surface area contributed by atoms with Crippen molar-refractivity contribution in [3.05, 3.63) is 64.8 Å². The Morgan fingerprint density at radius 3 is 2.65 bits per heavy atom. The average molecular weight is 443 g/mol. The number of carbonyl (C=O) groups excluding carboxylic acids is 3. The van der Waals surface area contributed by atoms with Crippen molar-refractivity contribution in [3.63, 3.8) is 0 Å². The van der Waals surface area contributed by atoms with Crippen LogP contribution in [0, 0.1) is 0 Å². The molecule has 162 valence electrons. The number of methoxy groups -OCH3 is 1. The number of H-pyrrole nitrogens is 1. The zero-order valence-corrected chi connectivity index (χ0v) is 17.7. The largest absolute Gasteiger partial charge is 0.383 e. The molecule has 0 unspecified atom stereocenters. The molecular weight excluding hydrogens is 420 g/mol. The summed E-state index contributed by atoms with van der Waals surface area (Å²) >= 11 is 6.05. The highest BCUT2D eigenvalue weighted by molar-refractivity contribution is 6.40. The lowest BCUT2D eigenvalue weighted by Gasteiger charge is -2.11. The molecule has 2 aromatic carbocycles. The van der Waals surface area contributed by atoms with E-state index in [1.165, 1.54) is 7.11 Å². The lowest BCUT2D eigenvalue weighted by molar-refractivity contribution is -0.136. The number of carbonyl (C=O) groups is 3. The van der Waals surface area contributed by atoms with Crippen LogP contribution in [0.2, 0.25) is 5.02 Å². The SMILES string of the molecule is COCCNC(=O)c1ccccc1NC(=O)C(=O)NCCc1c[nH]c2ccc(Cl)cc12. The smallest absolute Gasteiger partial charge is 0.313 e. The van der Waals surface area contributed by atoms with Gasteiger partial charge in [-0.05, 0) is 42.3 Å². The molecule has 0 saturated carbocycles. The van der Waals surface area contributed by atoms with E-state index < -0.39 is 11.8 Å². The Bertz CT molecular complexity index is 1100. The van der Waals surface area contributed by atoms with Gasteiger partial charge in [0.15, 0.2) is 0 Å². The van der Waals surface area contributed by atoms with Gasteiger partial charge in [0.05, 0.1) is 17.9 Å². The number of halogens is 1. The number of anilines is 1. The van der Waals surface area contributed by atoms with Crippen molar-refractivity contribution in [3.8, 4) is 0 Å². The second-order valence-electron chi connectivity index (χ2n) is 6.76. The first-order chi connectivity index (χ1) is 15.0. The van der Waals surface area contributed by atoms with Gasteiger partial charge in [-0.3, -0.25) is 14.4 Å². The first-order valence-corrected chi connectivity index (χ1v) is 10.1. The van der Waals surface area contributed by atoms with Gasteiger partial charge in [0, 0.05) is 42.3 Å². The molecule has 4 N–H and O–H groups in total. The normalized spacial score (nSPS) is 10.6. The number of rotatable bonds is 8. The minimum atomic E-state index is -0.848. The molecule has 0 aliphatic carbocycles. The number of fused-ring (bicyclic) bond motifs is 1.